The summed E-state index contributed by atoms with van der Waals surface area (Å²) in [5.74, 6) is 0.418. The van der Waals surface area contributed by atoms with Gasteiger partial charge in [0, 0.05) is 47.4 Å². The van der Waals surface area contributed by atoms with E-state index in [-0.39, 0.29) is 0 Å². The molecule has 0 saturated carbocycles. The third-order valence-corrected chi connectivity index (χ3v) is 5.71. The molecule has 0 aromatic carbocycles. The number of hydrogen-bond acceptors (Lipinski definition) is 4. The lowest BCUT2D eigenvalue weighted by Crippen LogP contribution is -2.42. The maximum absolute atomic E-state index is 12.1. The van der Waals surface area contributed by atoms with Crippen molar-refractivity contribution in [1.29, 1.82) is 0 Å². The topological polar surface area (TPSA) is 53.1 Å². The lowest BCUT2D eigenvalue weighted by atomic mass is 10.1. The fourth-order valence-corrected chi connectivity index (χ4v) is 3.55. The lowest BCUT2D eigenvalue weighted by Gasteiger charge is -2.25. The van der Waals surface area contributed by atoms with Crippen LogP contribution in [0.25, 0.3) is 0 Å². The summed E-state index contributed by atoms with van der Waals surface area (Å²) < 4.78 is 32.2. The molecule has 114 valence electrons. The van der Waals surface area contributed by atoms with Crippen LogP contribution in [0, 0.1) is 5.92 Å². The van der Waals surface area contributed by atoms with Gasteiger partial charge in [-0.15, -0.1) is 0 Å². The monoisotopic (exact) mass is 293 g/mol. The van der Waals surface area contributed by atoms with E-state index in [1.165, 1.54) is 8.61 Å². The molecule has 0 aliphatic carbocycles. The zero-order valence-corrected chi connectivity index (χ0v) is 13.3. The normalized spacial score (nSPS) is 21.7. The van der Waals surface area contributed by atoms with E-state index in [1.807, 2.05) is 6.92 Å². The Morgan fingerprint density at radius 3 is 2.58 bits per heavy atom. The number of nitrogens with zero attached hydrogens (tertiary/aromatic N) is 3. The molecule has 1 rings (SSSR count). The van der Waals surface area contributed by atoms with Crippen molar-refractivity contribution in [3.8, 4) is 0 Å². The molecular formula is C12H27N3O3S. The van der Waals surface area contributed by atoms with Crippen LogP contribution in [0.15, 0.2) is 0 Å². The van der Waals surface area contributed by atoms with E-state index in [4.69, 9.17) is 4.74 Å². The van der Waals surface area contributed by atoms with Crippen LogP contribution in [0.2, 0.25) is 0 Å². The maximum atomic E-state index is 12.1. The predicted molar refractivity (Wildman–Crippen MR) is 76.3 cm³/mol. The molecule has 1 unspecified atom stereocenters. The maximum Gasteiger partial charge on any atom is 0.281 e. The molecule has 0 spiro atoms. The van der Waals surface area contributed by atoms with Crippen LogP contribution in [0.4, 0.5) is 0 Å². The van der Waals surface area contributed by atoms with Crippen LogP contribution >= 0.6 is 0 Å². The molecule has 1 aliphatic rings. The fraction of sp³-hybridized carbons (Fsp3) is 1.00. The Morgan fingerprint density at radius 2 is 2.00 bits per heavy atom. The zero-order valence-electron chi connectivity index (χ0n) is 12.5. The highest BCUT2D eigenvalue weighted by atomic mass is 32.2. The van der Waals surface area contributed by atoms with Crippen LogP contribution in [0.3, 0.4) is 0 Å². The number of ether oxygens (including phenoxy) is 1. The average Bonchev–Trinajstić information content (AvgIpc) is 2.82. The summed E-state index contributed by atoms with van der Waals surface area (Å²) in [6.07, 6.45) is 1.05. The Morgan fingerprint density at radius 1 is 1.32 bits per heavy atom. The van der Waals surface area contributed by atoms with E-state index in [0.717, 1.165) is 32.7 Å². The van der Waals surface area contributed by atoms with Gasteiger partial charge in [0.2, 0.25) is 0 Å². The summed E-state index contributed by atoms with van der Waals surface area (Å²) in [6.45, 7) is 6.59. The van der Waals surface area contributed by atoms with E-state index >= 15 is 0 Å². The van der Waals surface area contributed by atoms with Crippen molar-refractivity contribution in [3.05, 3.63) is 0 Å². The molecule has 0 radical (unpaired) electrons. The van der Waals surface area contributed by atoms with Crippen LogP contribution in [-0.2, 0) is 14.9 Å². The van der Waals surface area contributed by atoms with Gasteiger partial charge in [-0.2, -0.15) is 17.0 Å². The van der Waals surface area contributed by atoms with Gasteiger partial charge in [0.1, 0.15) is 0 Å². The molecule has 0 aromatic rings. The highest BCUT2D eigenvalue weighted by Gasteiger charge is 2.28. The quantitative estimate of drug-likeness (QED) is 0.636. The predicted octanol–water partition coefficient (Wildman–Crippen LogP) is 0.0830. The lowest BCUT2D eigenvalue weighted by molar-refractivity contribution is 0.158. The first kappa shape index (κ1) is 16.8. The van der Waals surface area contributed by atoms with Gasteiger partial charge < -0.3 is 9.64 Å². The minimum absolute atomic E-state index is 0.418. The molecule has 0 bridgehead atoms. The molecule has 1 fully saturated rings. The van der Waals surface area contributed by atoms with Crippen molar-refractivity contribution in [2.75, 3.05) is 60.5 Å². The second-order valence-electron chi connectivity index (χ2n) is 5.15. The van der Waals surface area contributed by atoms with E-state index in [2.05, 4.69) is 4.90 Å². The zero-order chi connectivity index (χ0) is 14.5. The first-order valence-corrected chi connectivity index (χ1v) is 8.20. The third-order valence-electron chi connectivity index (χ3n) is 3.73. The molecule has 6 nitrogen and oxygen atoms in total. The van der Waals surface area contributed by atoms with Gasteiger partial charge in [-0.05, 0) is 18.9 Å². The van der Waals surface area contributed by atoms with E-state index in [0.29, 0.717) is 19.0 Å². The van der Waals surface area contributed by atoms with Gasteiger partial charge in [0.05, 0.1) is 6.61 Å². The molecule has 7 heteroatoms. The van der Waals surface area contributed by atoms with Crippen LogP contribution in [-0.4, -0.2) is 82.5 Å². The van der Waals surface area contributed by atoms with Crippen molar-refractivity contribution in [2.45, 2.75) is 13.3 Å². The number of methoxy groups -OCH3 is 1. The highest BCUT2D eigenvalue weighted by Crippen LogP contribution is 2.18. The van der Waals surface area contributed by atoms with Crippen molar-refractivity contribution in [1.82, 2.24) is 13.5 Å². The minimum atomic E-state index is -3.29. The molecule has 0 aromatic heterocycles. The van der Waals surface area contributed by atoms with Crippen molar-refractivity contribution in [2.24, 2.45) is 5.92 Å². The molecular weight excluding hydrogens is 266 g/mol. The van der Waals surface area contributed by atoms with Gasteiger partial charge >= 0.3 is 0 Å². The number of hydrogen-bond donors (Lipinski definition) is 0. The van der Waals surface area contributed by atoms with Crippen LogP contribution in [0.1, 0.15) is 13.3 Å². The highest BCUT2D eigenvalue weighted by molar-refractivity contribution is 7.86. The number of rotatable bonds is 8. The van der Waals surface area contributed by atoms with Crippen LogP contribution in [0.5, 0.6) is 0 Å². The second-order valence-corrected chi connectivity index (χ2v) is 7.29. The van der Waals surface area contributed by atoms with Crippen molar-refractivity contribution in [3.63, 3.8) is 0 Å². The molecule has 1 heterocycles. The standard InChI is InChI=1S/C12H27N3O3S/c1-5-13(2)19(16,17)14(3)10-12-6-7-15(11-12)8-9-18-4/h12H,5-11H2,1-4H3. The van der Waals surface area contributed by atoms with Gasteiger partial charge in [0.25, 0.3) is 10.2 Å². The molecule has 0 amide bonds. The SMILES string of the molecule is CCN(C)S(=O)(=O)N(C)CC1CCN(CCOC)C1. The van der Waals surface area contributed by atoms with Crippen LogP contribution < -0.4 is 0 Å². The van der Waals surface area contributed by atoms with Gasteiger partial charge in [-0.1, -0.05) is 6.92 Å². The average molecular weight is 293 g/mol. The molecule has 1 atom stereocenters. The second kappa shape index (κ2) is 7.54. The van der Waals surface area contributed by atoms with Crippen molar-refractivity contribution < 1.29 is 13.2 Å². The molecule has 1 aliphatic heterocycles. The first-order valence-electron chi connectivity index (χ1n) is 6.80. The van der Waals surface area contributed by atoms with E-state index < -0.39 is 10.2 Å². The van der Waals surface area contributed by atoms with E-state index in [1.54, 1.807) is 21.2 Å². The summed E-state index contributed by atoms with van der Waals surface area (Å²) in [5.41, 5.74) is 0. The Balaban J connectivity index is 2.44. The summed E-state index contributed by atoms with van der Waals surface area (Å²) in [4.78, 5) is 2.33. The first-order chi connectivity index (χ1) is 8.91. The fourth-order valence-electron chi connectivity index (χ4n) is 2.34. The third kappa shape index (κ3) is 4.68. The Hall–Kier alpha value is -0.210. The summed E-state index contributed by atoms with van der Waals surface area (Å²) in [7, 11) is 1.70. The van der Waals surface area contributed by atoms with Gasteiger partial charge in [-0.25, -0.2) is 0 Å². The van der Waals surface area contributed by atoms with Crippen molar-refractivity contribution >= 4 is 10.2 Å². The van der Waals surface area contributed by atoms with Gasteiger partial charge in [-0.3, -0.25) is 0 Å². The smallest absolute Gasteiger partial charge is 0.281 e. The summed E-state index contributed by atoms with van der Waals surface area (Å²) in [6, 6.07) is 0. The summed E-state index contributed by atoms with van der Waals surface area (Å²) >= 11 is 0. The van der Waals surface area contributed by atoms with Gasteiger partial charge in [0.15, 0.2) is 0 Å². The molecule has 0 N–H and O–H groups in total. The Kier molecular flexibility index (Phi) is 6.68. The molecule has 19 heavy (non-hydrogen) atoms. The minimum Gasteiger partial charge on any atom is -0.383 e. The summed E-state index contributed by atoms with van der Waals surface area (Å²) in [5, 5.41) is 0. The number of likely N-dealkylation sites (tertiary alicyclic amines) is 1. The largest absolute Gasteiger partial charge is 0.383 e. The Labute approximate surface area is 117 Å². The van der Waals surface area contributed by atoms with E-state index in [9.17, 15) is 8.42 Å². The molecule has 1 saturated heterocycles. The Bertz CT molecular complexity index is 361.